The lowest BCUT2D eigenvalue weighted by Gasteiger charge is -2.08. The molecule has 0 aliphatic rings. The van der Waals surface area contributed by atoms with Gasteiger partial charge in [-0.05, 0) is 37.1 Å². The third-order valence-corrected chi connectivity index (χ3v) is 2.88. The number of amides is 1. The summed E-state index contributed by atoms with van der Waals surface area (Å²) in [6.07, 6.45) is 0.730. The molecule has 0 bridgehead atoms. The number of nitrogens with zero attached hydrogens (tertiary/aromatic N) is 1. The predicted molar refractivity (Wildman–Crippen MR) is 90.3 cm³/mol. The van der Waals surface area contributed by atoms with E-state index in [1.165, 1.54) is 6.92 Å². The van der Waals surface area contributed by atoms with E-state index in [0.29, 0.717) is 24.3 Å². The normalized spacial score (nSPS) is 9.81. The highest BCUT2D eigenvalue weighted by molar-refractivity contribution is 5.88. The standard InChI is InChI=1S/C16H20N2O9/c1-12(19)17-13-4-6-14(7-5-13)25-10-16(21)26-11-15(20)24-8-2-3-9-27-18(22)23/h4-7H,2-3,8-11H2,1H3,(H,17,19). The molecule has 0 unspecified atom stereocenters. The van der Waals surface area contributed by atoms with Gasteiger partial charge < -0.3 is 24.4 Å². The summed E-state index contributed by atoms with van der Waals surface area (Å²) in [4.78, 5) is 47.8. The highest BCUT2D eigenvalue weighted by Crippen LogP contribution is 2.15. The van der Waals surface area contributed by atoms with Crippen LogP contribution in [-0.2, 0) is 28.7 Å². The van der Waals surface area contributed by atoms with Crippen molar-refractivity contribution in [2.45, 2.75) is 19.8 Å². The number of benzene rings is 1. The Kier molecular flexibility index (Phi) is 9.68. The molecule has 1 aromatic carbocycles. The number of unbranched alkanes of at least 4 members (excludes halogenated alkanes) is 1. The van der Waals surface area contributed by atoms with Gasteiger partial charge in [-0.25, -0.2) is 9.59 Å². The van der Waals surface area contributed by atoms with Crippen molar-refractivity contribution in [1.82, 2.24) is 0 Å². The van der Waals surface area contributed by atoms with Crippen molar-refractivity contribution in [3.05, 3.63) is 34.4 Å². The lowest BCUT2D eigenvalue weighted by molar-refractivity contribution is -0.757. The Labute approximate surface area is 154 Å². The molecule has 0 aromatic heterocycles. The van der Waals surface area contributed by atoms with Gasteiger partial charge in [0.1, 0.15) is 5.75 Å². The average molecular weight is 384 g/mol. The first-order valence-corrected chi connectivity index (χ1v) is 7.96. The van der Waals surface area contributed by atoms with E-state index in [-0.39, 0.29) is 19.1 Å². The number of esters is 2. The SMILES string of the molecule is CC(=O)Nc1ccc(OCC(=O)OCC(=O)OCCCCO[N+](=O)[O-])cc1. The first-order chi connectivity index (χ1) is 12.9. The third-order valence-electron chi connectivity index (χ3n) is 2.88. The molecule has 0 radical (unpaired) electrons. The summed E-state index contributed by atoms with van der Waals surface area (Å²) in [6.45, 7) is 0.382. The van der Waals surface area contributed by atoms with Crippen LogP contribution in [0.2, 0.25) is 0 Å². The molecule has 0 spiro atoms. The van der Waals surface area contributed by atoms with Gasteiger partial charge in [0, 0.05) is 12.6 Å². The number of anilines is 1. The summed E-state index contributed by atoms with van der Waals surface area (Å²) in [5, 5.41) is 11.6. The number of hydrogen-bond donors (Lipinski definition) is 1. The van der Waals surface area contributed by atoms with Crippen LogP contribution in [0.15, 0.2) is 24.3 Å². The van der Waals surface area contributed by atoms with Gasteiger partial charge >= 0.3 is 11.9 Å². The smallest absolute Gasteiger partial charge is 0.344 e. The summed E-state index contributed by atoms with van der Waals surface area (Å²) >= 11 is 0. The van der Waals surface area contributed by atoms with E-state index < -0.39 is 30.2 Å². The lowest BCUT2D eigenvalue weighted by Crippen LogP contribution is -2.21. The molecular formula is C16H20N2O9. The molecule has 0 saturated carbocycles. The molecule has 0 aliphatic heterocycles. The molecule has 1 aromatic rings. The van der Waals surface area contributed by atoms with Crippen LogP contribution in [0.25, 0.3) is 0 Å². The summed E-state index contributed by atoms with van der Waals surface area (Å²) < 4.78 is 14.7. The molecule has 0 atom stereocenters. The van der Waals surface area contributed by atoms with E-state index >= 15 is 0 Å². The van der Waals surface area contributed by atoms with Gasteiger partial charge in [-0.1, -0.05) is 0 Å². The Bertz CT molecular complexity index is 646. The molecule has 1 N–H and O–H groups in total. The fourth-order valence-corrected chi connectivity index (χ4v) is 1.73. The van der Waals surface area contributed by atoms with Gasteiger partial charge in [0.15, 0.2) is 13.2 Å². The minimum atomic E-state index is -0.898. The second-order valence-electron chi connectivity index (χ2n) is 5.14. The Morgan fingerprint density at radius 3 is 2.26 bits per heavy atom. The van der Waals surface area contributed by atoms with E-state index in [1.807, 2.05) is 0 Å². The number of nitrogens with one attached hydrogen (secondary N) is 1. The topological polar surface area (TPSA) is 143 Å². The first-order valence-electron chi connectivity index (χ1n) is 7.96. The summed E-state index contributed by atoms with van der Waals surface area (Å²) in [5.41, 5.74) is 0.588. The molecule has 0 fully saturated rings. The molecule has 27 heavy (non-hydrogen) atoms. The van der Waals surface area contributed by atoms with Crippen LogP contribution in [0.4, 0.5) is 5.69 Å². The fraction of sp³-hybridized carbons (Fsp3) is 0.438. The van der Waals surface area contributed by atoms with Crippen molar-refractivity contribution in [2.24, 2.45) is 0 Å². The van der Waals surface area contributed by atoms with Crippen molar-refractivity contribution in [2.75, 3.05) is 31.7 Å². The first kappa shape index (κ1) is 21.7. The van der Waals surface area contributed by atoms with Crippen LogP contribution < -0.4 is 10.1 Å². The van der Waals surface area contributed by atoms with Gasteiger partial charge in [-0.3, -0.25) is 4.79 Å². The maximum absolute atomic E-state index is 11.5. The molecule has 0 aliphatic carbocycles. The summed E-state index contributed by atoms with van der Waals surface area (Å²) in [6, 6.07) is 6.34. The van der Waals surface area contributed by atoms with E-state index in [2.05, 4.69) is 10.2 Å². The van der Waals surface area contributed by atoms with Gasteiger partial charge in [0.25, 0.3) is 5.09 Å². The highest BCUT2D eigenvalue weighted by Gasteiger charge is 2.09. The monoisotopic (exact) mass is 384 g/mol. The lowest BCUT2D eigenvalue weighted by atomic mass is 10.3. The third kappa shape index (κ3) is 11.0. The van der Waals surface area contributed by atoms with Crippen LogP contribution >= 0.6 is 0 Å². The van der Waals surface area contributed by atoms with Gasteiger partial charge in [-0.15, -0.1) is 10.1 Å². The predicted octanol–water partition coefficient (Wildman–Crippen LogP) is 1.10. The highest BCUT2D eigenvalue weighted by atomic mass is 16.9. The molecule has 0 saturated heterocycles. The van der Waals surface area contributed by atoms with E-state index in [0.717, 1.165) is 0 Å². The Morgan fingerprint density at radius 1 is 1.00 bits per heavy atom. The zero-order valence-electron chi connectivity index (χ0n) is 14.7. The van der Waals surface area contributed by atoms with Crippen LogP contribution in [0.3, 0.4) is 0 Å². The largest absolute Gasteiger partial charge is 0.482 e. The number of carbonyl (C=O) groups is 3. The maximum atomic E-state index is 11.5. The summed E-state index contributed by atoms with van der Waals surface area (Å²) in [5.74, 6) is -1.31. The maximum Gasteiger partial charge on any atom is 0.344 e. The van der Waals surface area contributed by atoms with E-state index in [4.69, 9.17) is 14.2 Å². The molecular weight excluding hydrogens is 364 g/mol. The zero-order valence-corrected chi connectivity index (χ0v) is 14.7. The van der Waals surface area contributed by atoms with Crippen molar-refractivity contribution in [3.8, 4) is 5.75 Å². The van der Waals surface area contributed by atoms with Crippen LogP contribution in [-0.4, -0.2) is 49.4 Å². The Morgan fingerprint density at radius 2 is 1.63 bits per heavy atom. The second-order valence-corrected chi connectivity index (χ2v) is 5.14. The van der Waals surface area contributed by atoms with Gasteiger partial charge in [0.2, 0.25) is 5.91 Å². The van der Waals surface area contributed by atoms with Crippen LogP contribution in [0.5, 0.6) is 5.75 Å². The Hall–Kier alpha value is -3.37. The van der Waals surface area contributed by atoms with E-state index in [1.54, 1.807) is 24.3 Å². The quantitative estimate of drug-likeness (QED) is 0.242. The molecule has 0 heterocycles. The van der Waals surface area contributed by atoms with E-state index in [9.17, 15) is 24.5 Å². The molecule has 148 valence electrons. The molecule has 1 rings (SSSR count). The van der Waals surface area contributed by atoms with Crippen LogP contribution in [0, 0.1) is 10.1 Å². The molecule has 1 amide bonds. The zero-order chi connectivity index (χ0) is 20.1. The number of rotatable bonds is 12. The van der Waals surface area contributed by atoms with Crippen molar-refractivity contribution >= 4 is 23.5 Å². The minimum Gasteiger partial charge on any atom is -0.482 e. The Balaban J connectivity index is 2.13. The number of hydrogen-bond acceptors (Lipinski definition) is 9. The average Bonchev–Trinajstić information content (AvgIpc) is 2.61. The second kappa shape index (κ2) is 12.1. The van der Waals surface area contributed by atoms with Crippen molar-refractivity contribution in [3.63, 3.8) is 0 Å². The van der Waals surface area contributed by atoms with Crippen molar-refractivity contribution in [1.29, 1.82) is 0 Å². The number of ether oxygens (including phenoxy) is 3. The molecule has 11 nitrogen and oxygen atoms in total. The van der Waals surface area contributed by atoms with Crippen LogP contribution in [0.1, 0.15) is 19.8 Å². The minimum absolute atomic E-state index is 0.0363. The van der Waals surface area contributed by atoms with Crippen molar-refractivity contribution < 1.29 is 38.5 Å². The van der Waals surface area contributed by atoms with Gasteiger partial charge in [-0.2, -0.15) is 0 Å². The fourth-order valence-electron chi connectivity index (χ4n) is 1.73. The molecule has 11 heteroatoms. The summed E-state index contributed by atoms with van der Waals surface area (Å²) in [7, 11) is 0. The number of carbonyl (C=O) groups excluding carboxylic acids is 3. The van der Waals surface area contributed by atoms with Gasteiger partial charge in [0.05, 0.1) is 13.2 Å².